The van der Waals surface area contributed by atoms with E-state index in [1.54, 1.807) is 0 Å². The van der Waals surface area contributed by atoms with Crippen LogP contribution in [0.25, 0.3) is 0 Å². The highest BCUT2D eigenvalue weighted by atomic mass is 79.9. The van der Waals surface area contributed by atoms with Crippen molar-refractivity contribution in [2.75, 3.05) is 10.6 Å². The van der Waals surface area contributed by atoms with Gasteiger partial charge in [-0.2, -0.15) is 0 Å². The van der Waals surface area contributed by atoms with Gasteiger partial charge in [0.05, 0.1) is 11.4 Å². The Morgan fingerprint density at radius 2 is 2.07 bits per heavy atom. The molecule has 4 heteroatoms. The van der Waals surface area contributed by atoms with Gasteiger partial charge in [0.2, 0.25) is 5.91 Å². The maximum Gasteiger partial charge on any atom is 0.250 e. The second kappa shape index (κ2) is 2.51. The summed E-state index contributed by atoms with van der Waals surface area (Å²) in [7, 11) is 0. The van der Waals surface area contributed by atoms with E-state index in [4.69, 9.17) is 0 Å². The Kier molecular flexibility index (Phi) is 1.49. The van der Waals surface area contributed by atoms with E-state index in [0.29, 0.717) is 0 Å². The smallest absolute Gasteiger partial charge is 0.250 e. The summed E-state index contributed by atoms with van der Waals surface area (Å²) in [5.41, 5.74) is 1.59. The SMILES string of the molecule is O=C1Nc2cc(Br)ccc2NC12CC2. The predicted molar refractivity (Wildman–Crippen MR) is 58.4 cm³/mol. The minimum absolute atomic E-state index is 0.100. The summed E-state index contributed by atoms with van der Waals surface area (Å²) in [6.45, 7) is 0. The fourth-order valence-electron chi connectivity index (χ4n) is 1.76. The van der Waals surface area contributed by atoms with E-state index in [-0.39, 0.29) is 11.4 Å². The molecule has 72 valence electrons. The number of amides is 1. The number of nitrogens with one attached hydrogen (secondary N) is 2. The van der Waals surface area contributed by atoms with Gasteiger partial charge in [-0.25, -0.2) is 0 Å². The lowest BCUT2D eigenvalue weighted by Gasteiger charge is -2.26. The molecule has 1 aliphatic carbocycles. The molecular weight excluding hydrogens is 244 g/mol. The van der Waals surface area contributed by atoms with Crippen LogP contribution in [0.1, 0.15) is 12.8 Å². The monoisotopic (exact) mass is 252 g/mol. The number of rotatable bonds is 0. The first-order valence-electron chi connectivity index (χ1n) is 4.59. The molecule has 0 bridgehead atoms. The Bertz CT molecular complexity index is 426. The maximum atomic E-state index is 11.7. The third kappa shape index (κ3) is 1.07. The third-order valence-corrected chi connectivity index (χ3v) is 3.28. The highest BCUT2D eigenvalue weighted by molar-refractivity contribution is 9.10. The summed E-state index contributed by atoms with van der Waals surface area (Å²) in [5, 5.41) is 6.21. The first kappa shape index (κ1) is 8.29. The zero-order valence-corrected chi connectivity index (χ0v) is 9.02. The second-order valence-corrected chi connectivity index (χ2v) is 4.77. The number of hydrogen-bond donors (Lipinski definition) is 2. The molecule has 1 saturated carbocycles. The molecule has 1 amide bonds. The fourth-order valence-corrected chi connectivity index (χ4v) is 2.12. The van der Waals surface area contributed by atoms with Crippen LogP contribution in [0.5, 0.6) is 0 Å². The third-order valence-electron chi connectivity index (χ3n) is 2.79. The van der Waals surface area contributed by atoms with Gasteiger partial charge in [-0.3, -0.25) is 4.79 Å². The maximum absolute atomic E-state index is 11.7. The summed E-state index contributed by atoms with van der Waals surface area (Å²) in [6, 6.07) is 5.87. The molecule has 1 spiro atoms. The number of carbonyl (C=O) groups is 1. The molecule has 3 rings (SSSR count). The Hall–Kier alpha value is -1.03. The number of carbonyl (C=O) groups excluding carboxylic acids is 1. The van der Waals surface area contributed by atoms with Gasteiger partial charge < -0.3 is 10.6 Å². The van der Waals surface area contributed by atoms with Crippen molar-refractivity contribution in [1.29, 1.82) is 0 Å². The number of anilines is 2. The van der Waals surface area contributed by atoms with Crippen LogP contribution < -0.4 is 10.6 Å². The normalized spacial score (nSPS) is 21.1. The first-order chi connectivity index (χ1) is 6.70. The zero-order valence-electron chi connectivity index (χ0n) is 7.43. The van der Waals surface area contributed by atoms with E-state index < -0.39 is 0 Å². The molecule has 2 aliphatic rings. The molecule has 3 nitrogen and oxygen atoms in total. The second-order valence-electron chi connectivity index (χ2n) is 3.85. The molecule has 14 heavy (non-hydrogen) atoms. The molecule has 1 fully saturated rings. The standard InChI is InChI=1S/C10H9BrN2O/c11-6-1-2-7-8(5-6)12-9(14)10(13-7)3-4-10/h1-2,5,13H,3-4H2,(H,12,14). The molecule has 2 N–H and O–H groups in total. The summed E-state index contributed by atoms with van der Waals surface area (Å²) >= 11 is 3.38. The molecule has 1 aromatic rings. The van der Waals surface area contributed by atoms with E-state index in [9.17, 15) is 4.79 Å². The van der Waals surface area contributed by atoms with Crippen LogP contribution >= 0.6 is 15.9 Å². The fraction of sp³-hybridized carbons (Fsp3) is 0.300. The minimum Gasteiger partial charge on any atom is -0.370 e. The molecule has 0 saturated heterocycles. The van der Waals surface area contributed by atoms with Crippen LogP contribution in [0.15, 0.2) is 22.7 Å². The minimum atomic E-state index is -0.291. The Morgan fingerprint density at radius 3 is 2.79 bits per heavy atom. The van der Waals surface area contributed by atoms with Crippen LogP contribution in [-0.2, 0) is 4.79 Å². The van der Waals surface area contributed by atoms with Gasteiger partial charge >= 0.3 is 0 Å². The first-order valence-corrected chi connectivity index (χ1v) is 5.38. The van der Waals surface area contributed by atoms with Crippen molar-refractivity contribution in [2.45, 2.75) is 18.4 Å². The van der Waals surface area contributed by atoms with Gasteiger partial charge in [0.15, 0.2) is 0 Å². The molecule has 1 aromatic carbocycles. The lowest BCUT2D eigenvalue weighted by molar-refractivity contribution is -0.117. The Labute approximate surface area is 90.0 Å². The van der Waals surface area contributed by atoms with Crippen LogP contribution in [0, 0.1) is 0 Å². The molecule has 1 heterocycles. The van der Waals surface area contributed by atoms with Crippen molar-refractivity contribution >= 4 is 33.2 Å². The molecule has 0 unspecified atom stereocenters. The largest absolute Gasteiger partial charge is 0.370 e. The lowest BCUT2D eigenvalue weighted by Crippen LogP contribution is -2.40. The summed E-state index contributed by atoms with van der Waals surface area (Å²) in [6.07, 6.45) is 1.88. The highest BCUT2D eigenvalue weighted by Crippen LogP contribution is 2.45. The van der Waals surface area contributed by atoms with Crippen molar-refractivity contribution in [1.82, 2.24) is 0 Å². The van der Waals surface area contributed by atoms with Gasteiger partial charge in [-0.05, 0) is 31.0 Å². The van der Waals surface area contributed by atoms with Crippen molar-refractivity contribution < 1.29 is 4.79 Å². The van der Waals surface area contributed by atoms with Crippen molar-refractivity contribution in [3.8, 4) is 0 Å². The van der Waals surface area contributed by atoms with Crippen molar-refractivity contribution in [3.05, 3.63) is 22.7 Å². The van der Waals surface area contributed by atoms with Gasteiger partial charge in [0, 0.05) is 4.47 Å². The average molecular weight is 253 g/mol. The van der Waals surface area contributed by atoms with E-state index in [1.807, 2.05) is 18.2 Å². The van der Waals surface area contributed by atoms with Crippen molar-refractivity contribution in [3.63, 3.8) is 0 Å². The molecule has 0 atom stereocenters. The Balaban J connectivity index is 2.06. The molecule has 0 radical (unpaired) electrons. The van der Waals surface area contributed by atoms with E-state index in [2.05, 4.69) is 26.6 Å². The topological polar surface area (TPSA) is 41.1 Å². The summed E-state index contributed by atoms with van der Waals surface area (Å²) in [5.74, 6) is 0.100. The van der Waals surface area contributed by atoms with Crippen LogP contribution in [-0.4, -0.2) is 11.4 Å². The molecule has 1 aliphatic heterocycles. The van der Waals surface area contributed by atoms with Gasteiger partial charge in [0.25, 0.3) is 0 Å². The Morgan fingerprint density at radius 1 is 1.29 bits per heavy atom. The highest BCUT2D eigenvalue weighted by Gasteiger charge is 2.52. The van der Waals surface area contributed by atoms with Gasteiger partial charge in [-0.15, -0.1) is 0 Å². The van der Waals surface area contributed by atoms with Gasteiger partial charge in [0.1, 0.15) is 5.54 Å². The van der Waals surface area contributed by atoms with Crippen molar-refractivity contribution in [2.24, 2.45) is 0 Å². The average Bonchev–Trinajstić information content (AvgIpc) is 2.89. The quantitative estimate of drug-likeness (QED) is 0.745. The van der Waals surface area contributed by atoms with Crippen LogP contribution in [0.3, 0.4) is 0 Å². The van der Waals surface area contributed by atoms with E-state index in [0.717, 1.165) is 28.7 Å². The van der Waals surface area contributed by atoms with Crippen LogP contribution in [0.2, 0.25) is 0 Å². The number of halogens is 1. The molecule has 0 aromatic heterocycles. The summed E-state index contributed by atoms with van der Waals surface area (Å²) < 4.78 is 0.977. The molecular formula is C10H9BrN2O. The number of hydrogen-bond acceptors (Lipinski definition) is 2. The van der Waals surface area contributed by atoms with Crippen LogP contribution in [0.4, 0.5) is 11.4 Å². The van der Waals surface area contributed by atoms with Gasteiger partial charge in [-0.1, -0.05) is 15.9 Å². The zero-order chi connectivity index (χ0) is 9.76. The van der Waals surface area contributed by atoms with E-state index >= 15 is 0 Å². The number of benzene rings is 1. The predicted octanol–water partition coefficient (Wildman–Crippen LogP) is 2.35. The lowest BCUT2D eigenvalue weighted by atomic mass is 10.1. The van der Waals surface area contributed by atoms with E-state index in [1.165, 1.54) is 0 Å². The number of fused-ring (bicyclic) bond motifs is 1. The summed E-state index contributed by atoms with van der Waals surface area (Å²) in [4.78, 5) is 11.7.